The van der Waals surface area contributed by atoms with Crippen molar-refractivity contribution in [1.29, 1.82) is 0 Å². The highest BCUT2D eigenvalue weighted by molar-refractivity contribution is 9.10. The number of rotatable bonds is 1. The topological polar surface area (TPSA) is 59.9 Å². The Bertz CT molecular complexity index is 973. The monoisotopic (exact) mass is 379 g/mol. The number of aryl methyl sites for hydroxylation is 1. The molecule has 7 heteroatoms. The molecule has 5 nitrogen and oxygen atoms in total. The number of hydrogen-bond acceptors (Lipinski definition) is 3. The summed E-state index contributed by atoms with van der Waals surface area (Å²) in [5, 5.41) is 0.728. The first-order chi connectivity index (χ1) is 11.1. The molecule has 0 unspecified atom stereocenters. The van der Waals surface area contributed by atoms with Crippen LogP contribution in [0.25, 0.3) is 21.9 Å². The first-order valence-corrected chi connectivity index (χ1v) is 8.30. The van der Waals surface area contributed by atoms with E-state index in [-0.39, 0.29) is 17.4 Å². The Kier molecular flexibility index (Phi) is 3.50. The van der Waals surface area contributed by atoms with Crippen molar-refractivity contribution in [2.75, 3.05) is 13.2 Å². The zero-order valence-corrected chi connectivity index (χ0v) is 14.1. The molecule has 0 amide bonds. The van der Waals surface area contributed by atoms with E-state index in [0.29, 0.717) is 22.1 Å². The lowest BCUT2D eigenvalue weighted by Crippen LogP contribution is -2.19. The maximum absolute atomic E-state index is 13.9. The van der Waals surface area contributed by atoms with Crippen LogP contribution >= 0.6 is 15.9 Å². The summed E-state index contributed by atoms with van der Waals surface area (Å²) in [6.07, 6.45) is 1.91. The second kappa shape index (κ2) is 5.42. The van der Waals surface area contributed by atoms with Gasteiger partial charge in [-0.05, 0) is 34.8 Å². The standard InChI is InChI=1S/C16H15BrFN3O2/c1-21-15-13(8-3-2-4-23-7-8)19-12-6-11(18)10(17)5-9(12)14(15)20-16(21)22/h5-6,8H,2-4,7H2,1H3,(H,20,22)/t8-/m0/s1. The number of aromatic amines is 1. The summed E-state index contributed by atoms with van der Waals surface area (Å²) >= 11 is 3.20. The lowest BCUT2D eigenvalue weighted by atomic mass is 9.96. The number of hydrogen-bond donors (Lipinski definition) is 1. The quantitative estimate of drug-likeness (QED) is 0.705. The fraction of sp³-hybridized carbons (Fsp3) is 0.375. The van der Waals surface area contributed by atoms with Crippen LogP contribution in [0.1, 0.15) is 24.5 Å². The second-order valence-corrected chi connectivity index (χ2v) is 6.76. The van der Waals surface area contributed by atoms with Crippen LogP contribution in [0.5, 0.6) is 0 Å². The fourth-order valence-electron chi connectivity index (χ4n) is 3.27. The van der Waals surface area contributed by atoms with Gasteiger partial charge in [-0.3, -0.25) is 4.57 Å². The fourth-order valence-corrected chi connectivity index (χ4v) is 3.61. The molecule has 1 atom stereocenters. The Morgan fingerprint density at radius 2 is 2.30 bits per heavy atom. The molecule has 1 aliphatic rings. The van der Waals surface area contributed by atoms with Crippen LogP contribution in [0, 0.1) is 5.82 Å². The maximum atomic E-state index is 13.9. The molecule has 0 radical (unpaired) electrons. The first-order valence-electron chi connectivity index (χ1n) is 7.51. The van der Waals surface area contributed by atoms with Gasteiger partial charge in [-0.25, -0.2) is 14.2 Å². The minimum Gasteiger partial charge on any atom is -0.381 e. The van der Waals surface area contributed by atoms with E-state index in [1.54, 1.807) is 17.7 Å². The number of nitrogens with zero attached hydrogens (tertiary/aromatic N) is 2. The highest BCUT2D eigenvalue weighted by atomic mass is 79.9. The van der Waals surface area contributed by atoms with Gasteiger partial charge in [0.15, 0.2) is 0 Å². The van der Waals surface area contributed by atoms with E-state index in [4.69, 9.17) is 4.74 Å². The Balaban J connectivity index is 2.10. The first kappa shape index (κ1) is 14.8. The van der Waals surface area contributed by atoms with Crippen LogP contribution in [0.4, 0.5) is 4.39 Å². The maximum Gasteiger partial charge on any atom is 0.326 e. The molecule has 1 aliphatic heterocycles. The summed E-state index contributed by atoms with van der Waals surface area (Å²) in [6, 6.07) is 3.06. The van der Waals surface area contributed by atoms with Crippen molar-refractivity contribution in [2.45, 2.75) is 18.8 Å². The van der Waals surface area contributed by atoms with E-state index in [2.05, 4.69) is 25.9 Å². The number of pyridine rings is 1. The SMILES string of the molecule is Cn1c(=O)[nH]c2c3cc(Br)c(F)cc3nc([C@H]3CCCOC3)c21. The molecular formula is C16H15BrFN3O2. The third kappa shape index (κ3) is 2.30. The van der Waals surface area contributed by atoms with Gasteiger partial charge < -0.3 is 9.72 Å². The number of nitrogens with one attached hydrogen (secondary N) is 1. The Morgan fingerprint density at radius 1 is 1.48 bits per heavy atom. The van der Waals surface area contributed by atoms with E-state index in [1.807, 2.05) is 0 Å². The lowest BCUT2D eigenvalue weighted by molar-refractivity contribution is 0.0797. The van der Waals surface area contributed by atoms with E-state index in [9.17, 15) is 9.18 Å². The largest absolute Gasteiger partial charge is 0.381 e. The van der Waals surface area contributed by atoms with Crippen molar-refractivity contribution in [2.24, 2.45) is 7.05 Å². The van der Waals surface area contributed by atoms with Crippen molar-refractivity contribution in [3.8, 4) is 0 Å². The molecule has 2 aromatic heterocycles. The number of ether oxygens (including phenoxy) is 1. The van der Waals surface area contributed by atoms with Gasteiger partial charge in [0.05, 0.1) is 33.3 Å². The Morgan fingerprint density at radius 3 is 3.04 bits per heavy atom. The molecule has 23 heavy (non-hydrogen) atoms. The van der Waals surface area contributed by atoms with E-state index >= 15 is 0 Å². The van der Waals surface area contributed by atoms with Crippen LogP contribution < -0.4 is 5.69 Å². The normalized spacial score (nSPS) is 18.8. The van der Waals surface area contributed by atoms with Crippen molar-refractivity contribution in [3.05, 3.63) is 38.6 Å². The average molecular weight is 380 g/mol. The summed E-state index contributed by atoms with van der Waals surface area (Å²) in [7, 11) is 1.72. The molecule has 0 bridgehead atoms. The number of fused-ring (bicyclic) bond motifs is 3. The average Bonchev–Trinajstić information content (AvgIpc) is 2.85. The molecule has 3 aromatic rings. The van der Waals surface area contributed by atoms with E-state index < -0.39 is 0 Å². The smallest absolute Gasteiger partial charge is 0.326 e. The summed E-state index contributed by atoms with van der Waals surface area (Å²) in [6.45, 7) is 1.33. The summed E-state index contributed by atoms with van der Waals surface area (Å²) in [5.74, 6) is -0.253. The van der Waals surface area contributed by atoms with Gasteiger partial charge in [0.1, 0.15) is 5.82 Å². The van der Waals surface area contributed by atoms with Crippen molar-refractivity contribution in [3.63, 3.8) is 0 Å². The number of halogens is 2. The second-order valence-electron chi connectivity index (χ2n) is 5.91. The Labute approximate surface area is 139 Å². The molecular weight excluding hydrogens is 365 g/mol. The molecule has 0 aliphatic carbocycles. The third-order valence-electron chi connectivity index (χ3n) is 4.45. The summed E-state index contributed by atoms with van der Waals surface area (Å²) in [4.78, 5) is 19.7. The number of H-pyrrole nitrogens is 1. The third-order valence-corrected chi connectivity index (χ3v) is 5.05. The van der Waals surface area contributed by atoms with Gasteiger partial charge >= 0.3 is 5.69 Å². The van der Waals surface area contributed by atoms with Crippen LogP contribution in [0.2, 0.25) is 0 Å². The van der Waals surface area contributed by atoms with Crippen LogP contribution in [-0.2, 0) is 11.8 Å². The molecule has 120 valence electrons. The molecule has 1 aromatic carbocycles. The Hall–Kier alpha value is -1.73. The zero-order valence-electron chi connectivity index (χ0n) is 12.5. The van der Waals surface area contributed by atoms with Crippen LogP contribution in [-0.4, -0.2) is 27.7 Å². The predicted octanol–water partition coefficient (Wildman–Crippen LogP) is 3.21. The summed E-state index contributed by atoms with van der Waals surface area (Å²) in [5.41, 5.74) is 2.61. The molecule has 0 spiro atoms. The minimum absolute atomic E-state index is 0.115. The van der Waals surface area contributed by atoms with Gasteiger partial charge in [-0.2, -0.15) is 0 Å². The van der Waals surface area contributed by atoms with Gasteiger partial charge in [0.25, 0.3) is 0 Å². The minimum atomic E-state index is -0.367. The van der Waals surface area contributed by atoms with Crippen molar-refractivity contribution < 1.29 is 9.13 Å². The number of benzene rings is 1. The molecule has 1 saturated heterocycles. The number of aromatic nitrogens is 3. The zero-order chi connectivity index (χ0) is 16.1. The lowest BCUT2D eigenvalue weighted by Gasteiger charge is -2.22. The van der Waals surface area contributed by atoms with E-state index in [1.165, 1.54) is 6.07 Å². The van der Waals surface area contributed by atoms with Gasteiger partial charge in [-0.15, -0.1) is 0 Å². The van der Waals surface area contributed by atoms with Crippen molar-refractivity contribution in [1.82, 2.24) is 14.5 Å². The highest BCUT2D eigenvalue weighted by Gasteiger charge is 2.24. The molecule has 3 heterocycles. The molecule has 1 fully saturated rings. The molecule has 4 rings (SSSR count). The van der Waals surface area contributed by atoms with Crippen molar-refractivity contribution >= 4 is 37.9 Å². The van der Waals surface area contributed by atoms with Gasteiger partial charge in [-0.1, -0.05) is 0 Å². The van der Waals surface area contributed by atoms with Gasteiger partial charge in [0, 0.05) is 31.0 Å². The predicted molar refractivity (Wildman–Crippen MR) is 89.3 cm³/mol. The van der Waals surface area contributed by atoms with E-state index in [0.717, 1.165) is 36.0 Å². The molecule has 0 saturated carbocycles. The number of imidazole rings is 1. The van der Waals surface area contributed by atoms with Crippen LogP contribution in [0.15, 0.2) is 21.4 Å². The molecule has 1 N–H and O–H groups in total. The van der Waals surface area contributed by atoms with Gasteiger partial charge in [0.2, 0.25) is 0 Å². The van der Waals surface area contributed by atoms with Crippen LogP contribution in [0.3, 0.4) is 0 Å². The highest BCUT2D eigenvalue weighted by Crippen LogP contribution is 2.34. The summed E-state index contributed by atoms with van der Waals surface area (Å²) < 4.78 is 21.4.